The highest BCUT2D eigenvalue weighted by Crippen LogP contribution is 2.14. The molecule has 0 saturated carbocycles. The predicted molar refractivity (Wildman–Crippen MR) is 46.4 cm³/mol. The maximum absolute atomic E-state index is 5.02. The van der Waals surface area contributed by atoms with Gasteiger partial charge in [-0.3, -0.25) is 4.90 Å². The van der Waals surface area contributed by atoms with Crippen LogP contribution in [0.3, 0.4) is 0 Å². The third kappa shape index (κ3) is 2.80. The summed E-state index contributed by atoms with van der Waals surface area (Å²) in [6.45, 7) is 7.19. The normalized spacial score (nSPS) is 27.3. The molecule has 11 heavy (non-hydrogen) atoms. The topological polar surface area (TPSA) is 12.5 Å². The summed E-state index contributed by atoms with van der Waals surface area (Å²) in [6, 6.07) is 0.527. The van der Waals surface area contributed by atoms with Crippen molar-refractivity contribution >= 4 is 0 Å². The third-order valence-corrected chi connectivity index (χ3v) is 2.33. The van der Waals surface area contributed by atoms with Crippen molar-refractivity contribution in [2.24, 2.45) is 0 Å². The lowest BCUT2D eigenvalue weighted by Crippen LogP contribution is -2.39. The molecule has 0 amide bonds. The molecule has 0 spiro atoms. The predicted octanol–water partition coefficient (Wildman–Crippen LogP) is 1.32. The highest BCUT2D eigenvalue weighted by atomic mass is 16.5. The van der Waals surface area contributed by atoms with Crippen molar-refractivity contribution in [3.05, 3.63) is 6.92 Å². The van der Waals surface area contributed by atoms with E-state index in [4.69, 9.17) is 4.74 Å². The Morgan fingerprint density at radius 3 is 3.00 bits per heavy atom. The van der Waals surface area contributed by atoms with Crippen LogP contribution in [-0.4, -0.2) is 37.7 Å². The Balaban J connectivity index is 2.18. The van der Waals surface area contributed by atoms with Gasteiger partial charge in [0.15, 0.2) is 0 Å². The standard InChI is InChI=1S/C9H18NO/c1-9-5-3-4-6-10(9)7-8-11-2/h9H,1,3-8H2,2H3. The van der Waals surface area contributed by atoms with Crippen molar-refractivity contribution in [2.45, 2.75) is 25.3 Å². The fourth-order valence-electron chi connectivity index (χ4n) is 1.56. The van der Waals surface area contributed by atoms with Gasteiger partial charge in [0.1, 0.15) is 0 Å². The second-order valence-corrected chi connectivity index (χ2v) is 3.18. The molecule has 65 valence electrons. The molecular weight excluding hydrogens is 138 g/mol. The van der Waals surface area contributed by atoms with E-state index in [1.807, 2.05) is 0 Å². The molecule has 1 heterocycles. The minimum Gasteiger partial charge on any atom is -0.383 e. The van der Waals surface area contributed by atoms with Crippen molar-refractivity contribution in [3.63, 3.8) is 0 Å². The Morgan fingerprint density at radius 2 is 2.36 bits per heavy atom. The monoisotopic (exact) mass is 156 g/mol. The molecule has 0 bridgehead atoms. The van der Waals surface area contributed by atoms with Crippen LogP contribution in [0.4, 0.5) is 0 Å². The summed E-state index contributed by atoms with van der Waals surface area (Å²) < 4.78 is 5.02. The van der Waals surface area contributed by atoms with E-state index in [1.54, 1.807) is 7.11 Å². The maximum Gasteiger partial charge on any atom is 0.0589 e. The maximum atomic E-state index is 5.02. The minimum atomic E-state index is 0.527. The Kier molecular flexibility index (Phi) is 3.87. The van der Waals surface area contributed by atoms with Gasteiger partial charge in [0.25, 0.3) is 0 Å². The van der Waals surface area contributed by atoms with Gasteiger partial charge in [0, 0.05) is 19.7 Å². The zero-order valence-electron chi connectivity index (χ0n) is 7.38. The Bertz CT molecular complexity index is 106. The number of nitrogens with zero attached hydrogens (tertiary/aromatic N) is 1. The lowest BCUT2D eigenvalue weighted by atomic mass is 10.0. The molecule has 0 aromatic heterocycles. The number of hydrogen-bond acceptors (Lipinski definition) is 2. The number of piperidine rings is 1. The fourth-order valence-corrected chi connectivity index (χ4v) is 1.56. The van der Waals surface area contributed by atoms with E-state index in [9.17, 15) is 0 Å². The van der Waals surface area contributed by atoms with Crippen molar-refractivity contribution < 1.29 is 4.74 Å². The van der Waals surface area contributed by atoms with E-state index in [2.05, 4.69) is 11.8 Å². The highest BCUT2D eigenvalue weighted by Gasteiger charge is 2.16. The van der Waals surface area contributed by atoms with E-state index in [-0.39, 0.29) is 0 Å². The van der Waals surface area contributed by atoms with Crippen LogP contribution in [-0.2, 0) is 4.74 Å². The molecule has 0 N–H and O–H groups in total. The molecule has 2 nitrogen and oxygen atoms in total. The van der Waals surface area contributed by atoms with Gasteiger partial charge in [0.2, 0.25) is 0 Å². The van der Waals surface area contributed by atoms with Crippen molar-refractivity contribution in [1.29, 1.82) is 0 Å². The van der Waals surface area contributed by atoms with Crippen LogP contribution in [0.5, 0.6) is 0 Å². The van der Waals surface area contributed by atoms with Crippen LogP contribution in [0.25, 0.3) is 0 Å². The van der Waals surface area contributed by atoms with Crippen LogP contribution in [0.2, 0.25) is 0 Å². The Labute approximate surface area is 69.5 Å². The van der Waals surface area contributed by atoms with Crippen molar-refractivity contribution in [1.82, 2.24) is 4.90 Å². The molecule has 2 heteroatoms. The summed E-state index contributed by atoms with van der Waals surface area (Å²) in [7, 11) is 1.75. The van der Waals surface area contributed by atoms with Gasteiger partial charge in [-0.2, -0.15) is 0 Å². The van der Waals surface area contributed by atoms with E-state index in [0.717, 1.165) is 13.2 Å². The number of hydrogen-bond donors (Lipinski definition) is 0. The second-order valence-electron chi connectivity index (χ2n) is 3.18. The van der Waals surface area contributed by atoms with Gasteiger partial charge in [-0.15, -0.1) is 0 Å². The zero-order valence-corrected chi connectivity index (χ0v) is 7.38. The average Bonchev–Trinajstić information content (AvgIpc) is 2.03. The van der Waals surface area contributed by atoms with Gasteiger partial charge in [-0.1, -0.05) is 6.42 Å². The lowest BCUT2D eigenvalue weighted by Gasteiger charge is -2.32. The summed E-state index contributed by atoms with van der Waals surface area (Å²) in [4.78, 5) is 2.41. The molecule has 1 radical (unpaired) electrons. The van der Waals surface area contributed by atoms with Crippen LogP contribution in [0, 0.1) is 6.92 Å². The molecule has 1 fully saturated rings. The van der Waals surface area contributed by atoms with E-state index >= 15 is 0 Å². The summed E-state index contributed by atoms with van der Waals surface area (Å²) in [5.74, 6) is 0. The molecule has 1 saturated heterocycles. The fraction of sp³-hybridized carbons (Fsp3) is 0.889. The first-order valence-corrected chi connectivity index (χ1v) is 4.40. The summed E-state index contributed by atoms with van der Waals surface area (Å²) in [5.41, 5.74) is 0. The average molecular weight is 156 g/mol. The SMILES string of the molecule is [CH2]C1CCCCN1CCOC. The smallest absolute Gasteiger partial charge is 0.0589 e. The molecule has 0 aromatic carbocycles. The molecule has 1 aliphatic rings. The number of rotatable bonds is 3. The molecular formula is C9H18NO. The summed E-state index contributed by atoms with van der Waals surface area (Å²) in [6.07, 6.45) is 3.93. The van der Waals surface area contributed by atoms with E-state index in [0.29, 0.717) is 6.04 Å². The molecule has 1 unspecified atom stereocenters. The first-order chi connectivity index (χ1) is 5.34. The van der Waals surface area contributed by atoms with Crippen LogP contribution < -0.4 is 0 Å². The third-order valence-electron chi connectivity index (χ3n) is 2.33. The van der Waals surface area contributed by atoms with Crippen molar-refractivity contribution in [2.75, 3.05) is 26.8 Å². The van der Waals surface area contributed by atoms with Gasteiger partial charge >= 0.3 is 0 Å². The first-order valence-electron chi connectivity index (χ1n) is 4.40. The number of ether oxygens (including phenoxy) is 1. The molecule has 0 aromatic rings. The Morgan fingerprint density at radius 1 is 1.55 bits per heavy atom. The van der Waals surface area contributed by atoms with Crippen LogP contribution >= 0.6 is 0 Å². The summed E-state index contributed by atoms with van der Waals surface area (Å²) in [5, 5.41) is 0. The Hall–Kier alpha value is -0.0800. The van der Waals surface area contributed by atoms with Gasteiger partial charge < -0.3 is 4.74 Å². The lowest BCUT2D eigenvalue weighted by molar-refractivity contribution is 0.112. The first kappa shape index (κ1) is 9.01. The molecule has 1 aliphatic heterocycles. The zero-order chi connectivity index (χ0) is 8.10. The largest absolute Gasteiger partial charge is 0.383 e. The second kappa shape index (κ2) is 4.73. The molecule has 1 atom stereocenters. The summed E-state index contributed by atoms with van der Waals surface area (Å²) >= 11 is 0. The quantitative estimate of drug-likeness (QED) is 0.611. The van der Waals surface area contributed by atoms with Gasteiger partial charge in [-0.05, 0) is 26.3 Å². The van der Waals surface area contributed by atoms with Gasteiger partial charge in [0.05, 0.1) is 6.61 Å². The minimum absolute atomic E-state index is 0.527. The van der Waals surface area contributed by atoms with Crippen molar-refractivity contribution in [3.8, 4) is 0 Å². The van der Waals surface area contributed by atoms with E-state index < -0.39 is 0 Å². The van der Waals surface area contributed by atoms with Gasteiger partial charge in [-0.25, -0.2) is 0 Å². The van der Waals surface area contributed by atoms with E-state index in [1.165, 1.54) is 25.8 Å². The number of likely N-dealkylation sites (tertiary alicyclic amines) is 1. The van der Waals surface area contributed by atoms with Crippen LogP contribution in [0.1, 0.15) is 19.3 Å². The highest BCUT2D eigenvalue weighted by molar-refractivity contribution is 4.77. The number of methoxy groups -OCH3 is 1. The molecule has 0 aliphatic carbocycles. The molecule has 1 rings (SSSR count). The van der Waals surface area contributed by atoms with Crippen LogP contribution in [0.15, 0.2) is 0 Å².